The number of amides is 2. The number of ether oxygens (including phenoxy) is 2. The zero-order valence-corrected chi connectivity index (χ0v) is 12.2. The fourth-order valence-electron chi connectivity index (χ4n) is 3.18. The van der Waals surface area contributed by atoms with Gasteiger partial charge in [-0.3, -0.25) is 9.59 Å². The Bertz CT molecular complexity index is 627. The molecular weight excluding hydrogens is 284 g/mol. The van der Waals surface area contributed by atoms with Crippen molar-refractivity contribution in [1.29, 1.82) is 0 Å². The molecule has 1 aromatic rings. The van der Waals surface area contributed by atoms with Gasteiger partial charge < -0.3 is 19.7 Å². The van der Waals surface area contributed by atoms with Gasteiger partial charge in [0.25, 0.3) is 0 Å². The van der Waals surface area contributed by atoms with E-state index in [4.69, 9.17) is 9.47 Å². The van der Waals surface area contributed by atoms with E-state index in [-0.39, 0.29) is 24.5 Å². The molecule has 1 unspecified atom stereocenters. The van der Waals surface area contributed by atoms with Gasteiger partial charge in [0.1, 0.15) is 0 Å². The number of nitrogens with one attached hydrogen (secondary N) is 1. The van der Waals surface area contributed by atoms with Gasteiger partial charge in [-0.25, -0.2) is 0 Å². The Hall–Kier alpha value is -2.24. The fourth-order valence-corrected chi connectivity index (χ4v) is 3.18. The van der Waals surface area contributed by atoms with Gasteiger partial charge in [-0.05, 0) is 31.4 Å². The lowest BCUT2D eigenvalue weighted by Crippen LogP contribution is -2.41. The quantitative estimate of drug-likeness (QED) is 0.923. The topological polar surface area (TPSA) is 67.9 Å². The van der Waals surface area contributed by atoms with Crippen molar-refractivity contribution in [2.75, 3.05) is 18.7 Å². The van der Waals surface area contributed by atoms with Crippen molar-refractivity contribution >= 4 is 17.5 Å². The van der Waals surface area contributed by atoms with Gasteiger partial charge >= 0.3 is 0 Å². The molecule has 3 aliphatic rings. The largest absolute Gasteiger partial charge is 0.454 e. The number of hydrogen-bond donors (Lipinski definition) is 1. The fraction of sp³-hybridized carbons (Fsp3) is 0.500. The summed E-state index contributed by atoms with van der Waals surface area (Å²) in [5.74, 6) is 1.06. The normalized spacial score (nSPS) is 23.5. The Kier molecular flexibility index (Phi) is 3.17. The summed E-state index contributed by atoms with van der Waals surface area (Å²) in [7, 11) is 0. The first kappa shape index (κ1) is 13.4. The summed E-state index contributed by atoms with van der Waals surface area (Å²) >= 11 is 0. The van der Waals surface area contributed by atoms with Crippen molar-refractivity contribution in [1.82, 2.24) is 4.90 Å². The summed E-state index contributed by atoms with van der Waals surface area (Å²) in [5.41, 5.74) is 0.670. The van der Waals surface area contributed by atoms with Crippen LogP contribution in [0, 0.1) is 5.92 Å². The number of benzene rings is 1. The molecule has 4 rings (SSSR count). The summed E-state index contributed by atoms with van der Waals surface area (Å²) in [6.45, 7) is 0.750. The third-order valence-corrected chi connectivity index (χ3v) is 4.68. The van der Waals surface area contributed by atoms with Crippen LogP contribution in [0.2, 0.25) is 0 Å². The van der Waals surface area contributed by atoms with Crippen LogP contribution in [0.3, 0.4) is 0 Å². The average molecular weight is 302 g/mol. The summed E-state index contributed by atoms with van der Waals surface area (Å²) in [6.07, 6.45) is 3.64. The number of anilines is 1. The standard InChI is InChI=1S/C16H18N2O4/c19-15-6-10(8-18(15)12-2-1-3-12)16(20)17-11-4-5-13-14(7-11)22-9-21-13/h4-5,7,10,12H,1-3,6,8-9H2,(H,17,20). The number of fused-ring (bicyclic) bond motifs is 1. The van der Waals surface area contributed by atoms with Crippen LogP contribution in [0.15, 0.2) is 18.2 Å². The number of nitrogens with zero attached hydrogens (tertiary/aromatic N) is 1. The van der Waals surface area contributed by atoms with Crippen molar-refractivity contribution in [2.45, 2.75) is 31.7 Å². The van der Waals surface area contributed by atoms with Gasteiger partial charge in [-0.1, -0.05) is 0 Å². The van der Waals surface area contributed by atoms with Crippen LogP contribution in [0.4, 0.5) is 5.69 Å². The Balaban J connectivity index is 1.41. The highest BCUT2D eigenvalue weighted by Gasteiger charge is 2.39. The molecule has 1 saturated heterocycles. The van der Waals surface area contributed by atoms with Crippen LogP contribution in [0.5, 0.6) is 11.5 Å². The third kappa shape index (κ3) is 2.28. The Labute approximate surface area is 128 Å². The molecule has 1 aliphatic carbocycles. The molecule has 2 aliphatic heterocycles. The van der Waals surface area contributed by atoms with E-state index < -0.39 is 0 Å². The van der Waals surface area contributed by atoms with Crippen LogP contribution in [0.25, 0.3) is 0 Å². The van der Waals surface area contributed by atoms with E-state index >= 15 is 0 Å². The first-order chi connectivity index (χ1) is 10.7. The van der Waals surface area contributed by atoms with Crippen molar-refractivity contribution < 1.29 is 19.1 Å². The molecule has 1 N–H and O–H groups in total. The number of rotatable bonds is 3. The Morgan fingerprint density at radius 2 is 2.05 bits per heavy atom. The van der Waals surface area contributed by atoms with E-state index in [1.165, 1.54) is 6.42 Å². The summed E-state index contributed by atoms with van der Waals surface area (Å²) in [6, 6.07) is 5.67. The molecule has 0 radical (unpaired) electrons. The van der Waals surface area contributed by atoms with Gasteiger partial charge in [0.2, 0.25) is 18.6 Å². The predicted octanol–water partition coefficient (Wildman–Crippen LogP) is 1.75. The number of likely N-dealkylation sites (tertiary alicyclic amines) is 1. The van der Waals surface area contributed by atoms with Crippen molar-refractivity contribution in [2.24, 2.45) is 5.92 Å². The third-order valence-electron chi connectivity index (χ3n) is 4.68. The zero-order valence-electron chi connectivity index (χ0n) is 12.2. The van der Waals surface area contributed by atoms with Gasteiger partial charge in [-0.2, -0.15) is 0 Å². The Morgan fingerprint density at radius 1 is 1.23 bits per heavy atom. The van der Waals surface area contributed by atoms with Crippen molar-refractivity contribution in [3.8, 4) is 11.5 Å². The molecule has 1 saturated carbocycles. The second-order valence-electron chi connectivity index (χ2n) is 6.09. The first-order valence-corrected chi connectivity index (χ1v) is 7.71. The van der Waals surface area contributed by atoms with Crippen LogP contribution in [-0.4, -0.2) is 36.1 Å². The zero-order chi connectivity index (χ0) is 15.1. The van der Waals surface area contributed by atoms with E-state index in [2.05, 4.69) is 5.32 Å². The molecule has 0 aromatic heterocycles. The number of carbonyl (C=O) groups excluding carboxylic acids is 2. The van der Waals surface area contributed by atoms with Crippen LogP contribution >= 0.6 is 0 Å². The van der Waals surface area contributed by atoms with E-state index in [1.807, 2.05) is 4.90 Å². The highest BCUT2D eigenvalue weighted by atomic mass is 16.7. The molecule has 1 aromatic carbocycles. The lowest BCUT2D eigenvalue weighted by Gasteiger charge is -2.34. The second kappa shape index (κ2) is 5.19. The summed E-state index contributed by atoms with van der Waals surface area (Å²) in [4.78, 5) is 26.3. The first-order valence-electron chi connectivity index (χ1n) is 7.71. The lowest BCUT2D eigenvalue weighted by molar-refractivity contribution is -0.131. The molecule has 0 bridgehead atoms. The monoisotopic (exact) mass is 302 g/mol. The minimum atomic E-state index is -0.265. The molecule has 2 heterocycles. The summed E-state index contributed by atoms with van der Waals surface area (Å²) in [5, 5.41) is 2.88. The predicted molar refractivity (Wildman–Crippen MR) is 78.7 cm³/mol. The molecule has 116 valence electrons. The average Bonchev–Trinajstić information content (AvgIpc) is 3.04. The lowest BCUT2D eigenvalue weighted by atomic mass is 9.92. The minimum Gasteiger partial charge on any atom is -0.454 e. The smallest absolute Gasteiger partial charge is 0.231 e. The highest BCUT2D eigenvalue weighted by Crippen LogP contribution is 2.35. The molecule has 22 heavy (non-hydrogen) atoms. The second-order valence-corrected chi connectivity index (χ2v) is 6.09. The Morgan fingerprint density at radius 3 is 2.82 bits per heavy atom. The van der Waals surface area contributed by atoms with E-state index in [0.717, 1.165) is 12.8 Å². The molecule has 2 fully saturated rings. The van der Waals surface area contributed by atoms with Gasteiger partial charge in [-0.15, -0.1) is 0 Å². The highest BCUT2D eigenvalue weighted by molar-refractivity contribution is 5.97. The molecule has 0 spiro atoms. The van der Waals surface area contributed by atoms with Crippen molar-refractivity contribution in [3.05, 3.63) is 18.2 Å². The maximum atomic E-state index is 12.4. The molecule has 2 amide bonds. The SMILES string of the molecule is O=C(Nc1ccc2c(c1)OCO2)C1CC(=O)N(C2CCC2)C1. The van der Waals surface area contributed by atoms with E-state index in [0.29, 0.717) is 36.2 Å². The van der Waals surface area contributed by atoms with Gasteiger partial charge in [0, 0.05) is 30.8 Å². The maximum Gasteiger partial charge on any atom is 0.231 e. The number of hydrogen-bond acceptors (Lipinski definition) is 4. The summed E-state index contributed by atoms with van der Waals surface area (Å²) < 4.78 is 10.5. The van der Waals surface area contributed by atoms with Crippen LogP contribution in [0.1, 0.15) is 25.7 Å². The molecule has 6 heteroatoms. The molecule has 1 atom stereocenters. The van der Waals surface area contributed by atoms with Gasteiger partial charge in [0.05, 0.1) is 5.92 Å². The van der Waals surface area contributed by atoms with E-state index in [9.17, 15) is 9.59 Å². The van der Waals surface area contributed by atoms with Gasteiger partial charge in [0.15, 0.2) is 11.5 Å². The minimum absolute atomic E-state index is 0.103. The number of carbonyl (C=O) groups is 2. The van der Waals surface area contributed by atoms with Crippen molar-refractivity contribution in [3.63, 3.8) is 0 Å². The van der Waals surface area contributed by atoms with Crippen LogP contribution < -0.4 is 14.8 Å². The van der Waals surface area contributed by atoms with Crippen LogP contribution in [-0.2, 0) is 9.59 Å². The maximum absolute atomic E-state index is 12.4. The molecular formula is C16H18N2O4. The molecule has 6 nitrogen and oxygen atoms in total. The van der Waals surface area contributed by atoms with E-state index in [1.54, 1.807) is 18.2 Å².